The molecule has 0 radical (unpaired) electrons. The van der Waals surface area contributed by atoms with Crippen LogP contribution in [0.15, 0.2) is 11.1 Å². The molecule has 9 heavy (non-hydrogen) atoms. The molecule has 0 amide bonds. The lowest BCUT2D eigenvalue weighted by Gasteiger charge is -1.88. The molecule has 0 saturated heterocycles. The number of aromatic nitrogens is 2. The van der Waals surface area contributed by atoms with Crippen molar-refractivity contribution < 1.29 is 4.39 Å². The fourth-order valence-electron chi connectivity index (χ4n) is 0.397. The van der Waals surface area contributed by atoms with Crippen LogP contribution in [0.3, 0.4) is 0 Å². The summed E-state index contributed by atoms with van der Waals surface area (Å²) in [6, 6.07) is 0. The molecular weight excluding hydrogens is 125 g/mol. The molecule has 0 atom stereocenters. The number of nitrogen functional groups attached to an aromatic ring is 1. The quantitative estimate of drug-likeness (QED) is 0.495. The normalized spacial score (nSPS) is 9.44. The highest BCUT2D eigenvalue weighted by molar-refractivity contribution is 5.25. The first-order chi connectivity index (χ1) is 4.22. The van der Waals surface area contributed by atoms with E-state index in [1.54, 1.807) is 0 Å². The van der Waals surface area contributed by atoms with Gasteiger partial charge in [-0.25, -0.2) is 4.98 Å². The second-order valence-electron chi connectivity index (χ2n) is 1.43. The lowest BCUT2D eigenvalue weighted by molar-refractivity contribution is 0.606. The first-order valence-electron chi connectivity index (χ1n) is 2.20. The number of rotatable bonds is 0. The SMILES string of the molecule is Nc1nc[nH]c(=O)c1F. The third-order valence-corrected chi connectivity index (χ3v) is 0.824. The Morgan fingerprint density at radius 2 is 2.44 bits per heavy atom. The average molecular weight is 129 g/mol. The van der Waals surface area contributed by atoms with E-state index in [0.717, 1.165) is 6.33 Å². The predicted molar refractivity (Wildman–Crippen MR) is 29.2 cm³/mol. The van der Waals surface area contributed by atoms with Crippen LogP contribution in [-0.2, 0) is 0 Å². The maximum atomic E-state index is 12.2. The van der Waals surface area contributed by atoms with Gasteiger partial charge >= 0.3 is 0 Å². The molecular formula is C4H4FN3O. The predicted octanol–water partition coefficient (Wildman–Crippen LogP) is -0.509. The van der Waals surface area contributed by atoms with Crippen LogP contribution in [0, 0.1) is 5.82 Å². The van der Waals surface area contributed by atoms with Crippen molar-refractivity contribution in [3.63, 3.8) is 0 Å². The third-order valence-electron chi connectivity index (χ3n) is 0.824. The Morgan fingerprint density at radius 3 is 2.89 bits per heavy atom. The van der Waals surface area contributed by atoms with E-state index in [2.05, 4.69) is 4.98 Å². The largest absolute Gasteiger partial charge is 0.381 e. The second kappa shape index (κ2) is 1.85. The highest BCUT2D eigenvalue weighted by Crippen LogP contribution is 1.93. The minimum absolute atomic E-state index is 0.376. The topological polar surface area (TPSA) is 71.8 Å². The standard InChI is InChI=1S/C4H4FN3O/c5-2-3(6)7-1-8-4(2)9/h1H,(H3,6,7,8,9). The number of nitrogens with two attached hydrogens (primary N) is 1. The van der Waals surface area contributed by atoms with Gasteiger partial charge < -0.3 is 10.7 Å². The van der Waals surface area contributed by atoms with Crippen LogP contribution in [0.5, 0.6) is 0 Å². The number of nitrogens with zero attached hydrogens (tertiary/aromatic N) is 1. The smallest absolute Gasteiger partial charge is 0.289 e. The van der Waals surface area contributed by atoms with Gasteiger partial charge in [-0.2, -0.15) is 4.39 Å². The van der Waals surface area contributed by atoms with Crippen molar-refractivity contribution in [3.8, 4) is 0 Å². The van der Waals surface area contributed by atoms with Gasteiger partial charge in [0.25, 0.3) is 5.56 Å². The summed E-state index contributed by atoms with van der Waals surface area (Å²) in [4.78, 5) is 15.6. The van der Waals surface area contributed by atoms with Gasteiger partial charge in [0.1, 0.15) is 0 Å². The molecule has 0 saturated carbocycles. The summed E-state index contributed by atoms with van der Waals surface area (Å²) >= 11 is 0. The molecule has 0 aliphatic rings. The van der Waals surface area contributed by atoms with Gasteiger partial charge in [0.15, 0.2) is 5.82 Å². The summed E-state index contributed by atoms with van der Waals surface area (Å²) < 4.78 is 12.2. The van der Waals surface area contributed by atoms with Gasteiger partial charge in [-0.15, -0.1) is 0 Å². The zero-order valence-corrected chi connectivity index (χ0v) is 4.39. The summed E-state index contributed by atoms with van der Waals surface area (Å²) in [6.07, 6.45) is 1.04. The van der Waals surface area contributed by atoms with E-state index in [1.165, 1.54) is 0 Å². The van der Waals surface area contributed by atoms with Crippen molar-refractivity contribution >= 4 is 5.82 Å². The Kier molecular flexibility index (Phi) is 1.18. The zero-order valence-electron chi connectivity index (χ0n) is 4.39. The fraction of sp³-hybridized carbons (Fsp3) is 0. The fourth-order valence-corrected chi connectivity index (χ4v) is 0.397. The molecule has 0 aromatic carbocycles. The van der Waals surface area contributed by atoms with E-state index in [9.17, 15) is 9.18 Å². The van der Waals surface area contributed by atoms with Crippen LogP contribution in [-0.4, -0.2) is 9.97 Å². The summed E-state index contributed by atoms with van der Waals surface area (Å²) in [5.74, 6) is -1.41. The summed E-state index contributed by atoms with van der Waals surface area (Å²) in [5.41, 5.74) is 4.07. The summed E-state index contributed by atoms with van der Waals surface area (Å²) in [7, 11) is 0. The summed E-state index contributed by atoms with van der Waals surface area (Å²) in [6.45, 7) is 0. The first-order valence-corrected chi connectivity index (χ1v) is 2.20. The van der Waals surface area contributed by atoms with Crippen molar-refractivity contribution in [1.29, 1.82) is 0 Å². The van der Waals surface area contributed by atoms with E-state index in [-0.39, 0.29) is 5.82 Å². The summed E-state index contributed by atoms with van der Waals surface area (Å²) in [5, 5.41) is 0. The van der Waals surface area contributed by atoms with Gasteiger partial charge in [0, 0.05) is 0 Å². The first kappa shape index (κ1) is 5.74. The van der Waals surface area contributed by atoms with Crippen LogP contribution in [0.4, 0.5) is 10.2 Å². The van der Waals surface area contributed by atoms with Crippen molar-refractivity contribution in [2.24, 2.45) is 0 Å². The Bertz CT molecular complexity index is 269. The maximum Gasteiger partial charge on any atom is 0.289 e. The molecule has 48 valence electrons. The van der Waals surface area contributed by atoms with Crippen LogP contribution in [0.2, 0.25) is 0 Å². The Hall–Kier alpha value is -1.39. The molecule has 0 bridgehead atoms. The van der Waals surface area contributed by atoms with E-state index in [4.69, 9.17) is 5.73 Å². The number of nitrogens with one attached hydrogen (secondary N) is 1. The van der Waals surface area contributed by atoms with Crippen molar-refractivity contribution in [2.45, 2.75) is 0 Å². The molecule has 4 nitrogen and oxygen atoms in total. The third kappa shape index (κ3) is 0.883. The lowest BCUT2D eigenvalue weighted by Crippen LogP contribution is -2.13. The molecule has 0 aliphatic carbocycles. The molecule has 0 unspecified atom stereocenters. The molecule has 3 N–H and O–H groups in total. The highest BCUT2D eigenvalue weighted by atomic mass is 19.1. The maximum absolute atomic E-state index is 12.2. The van der Waals surface area contributed by atoms with Gasteiger partial charge in [0.2, 0.25) is 5.82 Å². The van der Waals surface area contributed by atoms with Crippen LogP contribution in [0.1, 0.15) is 0 Å². The van der Waals surface area contributed by atoms with E-state index < -0.39 is 11.4 Å². The van der Waals surface area contributed by atoms with Gasteiger partial charge in [-0.05, 0) is 0 Å². The highest BCUT2D eigenvalue weighted by Gasteiger charge is 2.00. The van der Waals surface area contributed by atoms with Crippen molar-refractivity contribution in [2.75, 3.05) is 5.73 Å². The second-order valence-corrected chi connectivity index (χ2v) is 1.43. The Morgan fingerprint density at radius 1 is 1.78 bits per heavy atom. The number of aromatic amines is 1. The lowest BCUT2D eigenvalue weighted by atomic mass is 10.6. The van der Waals surface area contributed by atoms with Crippen molar-refractivity contribution in [3.05, 3.63) is 22.5 Å². The number of hydrogen-bond acceptors (Lipinski definition) is 3. The minimum atomic E-state index is -1.03. The number of hydrogen-bond donors (Lipinski definition) is 2. The van der Waals surface area contributed by atoms with Crippen LogP contribution < -0.4 is 11.3 Å². The minimum Gasteiger partial charge on any atom is -0.381 e. The Balaban J connectivity index is 3.43. The van der Waals surface area contributed by atoms with Crippen LogP contribution in [0.25, 0.3) is 0 Å². The molecule has 0 aliphatic heterocycles. The number of H-pyrrole nitrogens is 1. The number of halogens is 1. The molecule has 1 aromatic heterocycles. The molecule has 0 spiro atoms. The average Bonchev–Trinajstić information content (AvgIpc) is 1.83. The molecule has 5 heteroatoms. The van der Waals surface area contributed by atoms with Gasteiger partial charge in [-0.3, -0.25) is 4.79 Å². The number of anilines is 1. The van der Waals surface area contributed by atoms with Crippen molar-refractivity contribution in [1.82, 2.24) is 9.97 Å². The Labute approximate surface area is 49.5 Å². The molecule has 1 aromatic rings. The zero-order chi connectivity index (χ0) is 6.85. The monoisotopic (exact) mass is 129 g/mol. The molecule has 1 rings (SSSR count). The molecule has 1 heterocycles. The van der Waals surface area contributed by atoms with E-state index in [0.29, 0.717) is 0 Å². The van der Waals surface area contributed by atoms with E-state index in [1.807, 2.05) is 4.98 Å². The van der Waals surface area contributed by atoms with Gasteiger partial charge in [-0.1, -0.05) is 0 Å². The van der Waals surface area contributed by atoms with Gasteiger partial charge in [0.05, 0.1) is 6.33 Å². The molecule has 0 fully saturated rings. The van der Waals surface area contributed by atoms with Crippen LogP contribution >= 0.6 is 0 Å². The van der Waals surface area contributed by atoms with E-state index >= 15 is 0 Å².